The van der Waals surface area contributed by atoms with Crippen LogP contribution in [0.1, 0.15) is 51.9 Å². The molecule has 4 heteroatoms. The van der Waals surface area contributed by atoms with Gasteiger partial charge in [-0.2, -0.15) is 0 Å². The molecule has 2 aliphatic carbocycles. The molecule has 2 fully saturated rings. The fourth-order valence-electron chi connectivity index (χ4n) is 2.63. The molecule has 0 unspecified atom stereocenters. The Balaban J connectivity index is 1.96. The van der Waals surface area contributed by atoms with Crippen molar-refractivity contribution in [2.24, 2.45) is 5.92 Å². The van der Waals surface area contributed by atoms with E-state index in [-0.39, 0.29) is 11.7 Å². The second kappa shape index (κ2) is 4.75. The number of carbonyl (C=O) groups is 2. The van der Waals surface area contributed by atoms with Gasteiger partial charge in [0, 0.05) is 0 Å². The number of rotatable bonds is 4. The van der Waals surface area contributed by atoms with Gasteiger partial charge in [-0.1, -0.05) is 19.3 Å². The molecule has 0 spiro atoms. The topological polar surface area (TPSA) is 46.2 Å². The average molecular weight is 241 g/mol. The summed E-state index contributed by atoms with van der Waals surface area (Å²) in [6, 6.07) is -0.476. The summed E-state index contributed by atoms with van der Waals surface area (Å²) < 4.78 is 13.6. The number of amides is 1. The Morgan fingerprint density at radius 2 is 1.82 bits per heavy atom. The Bertz CT molecular complexity index is 319. The van der Waals surface area contributed by atoms with Gasteiger partial charge in [-0.25, -0.2) is 4.39 Å². The number of nitrogens with one attached hydrogen (secondary N) is 1. The van der Waals surface area contributed by atoms with Gasteiger partial charge in [-0.15, -0.1) is 0 Å². The lowest BCUT2D eigenvalue weighted by Crippen LogP contribution is -2.49. The van der Waals surface area contributed by atoms with Crippen molar-refractivity contribution in [3.63, 3.8) is 0 Å². The van der Waals surface area contributed by atoms with Crippen molar-refractivity contribution in [3.8, 4) is 0 Å². The highest BCUT2D eigenvalue weighted by Gasteiger charge is 2.51. The first-order chi connectivity index (χ1) is 8.03. The minimum Gasteiger partial charge on any atom is -0.343 e. The van der Waals surface area contributed by atoms with E-state index in [1.807, 2.05) is 0 Å². The number of alkyl halides is 1. The molecule has 2 saturated carbocycles. The van der Waals surface area contributed by atoms with Crippen molar-refractivity contribution in [1.82, 2.24) is 5.32 Å². The van der Waals surface area contributed by atoms with Crippen LogP contribution in [0.15, 0.2) is 0 Å². The van der Waals surface area contributed by atoms with Crippen molar-refractivity contribution >= 4 is 11.7 Å². The molecule has 0 radical (unpaired) electrons. The Kier molecular flexibility index (Phi) is 3.50. The van der Waals surface area contributed by atoms with E-state index < -0.39 is 17.6 Å². The van der Waals surface area contributed by atoms with Crippen LogP contribution in [0.5, 0.6) is 0 Å². The SMILES string of the molecule is CC(=O)[C@H](NC(=O)C1(F)CC1)C1CCCCC1. The minimum atomic E-state index is -1.68. The molecule has 0 saturated heterocycles. The average Bonchev–Trinajstić information content (AvgIpc) is 3.06. The highest BCUT2D eigenvalue weighted by atomic mass is 19.1. The minimum absolute atomic E-state index is 0.0468. The number of halogens is 1. The van der Waals surface area contributed by atoms with Gasteiger partial charge < -0.3 is 5.32 Å². The van der Waals surface area contributed by atoms with E-state index >= 15 is 0 Å². The summed E-state index contributed by atoms with van der Waals surface area (Å²) in [4.78, 5) is 23.2. The van der Waals surface area contributed by atoms with Crippen molar-refractivity contribution in [2.75, 3.05) is 0 Å². The van der Waals surface area contributed by atoms with Crippen LogP contribution >= 0.6 is 0 Å². The van der Waals surface area contributed by atoms with Gasteiger partial charge in [0.15, 0.2) is 11.5 Å². The monoisotopic (exact) mass is 241 g/mol. The van der Waals surface area contributed by atoms with Gasteiger partial charge >= 0.3 is 0 Å². The molecule has 0 bridgehead atoms. The Hall–Kier alpha value is -0.930. The van der Waals surface area contributed by atoms with E-state index in [1.165, 1.54) is 13.3 Å². The fraction of sp³-hybridized carbons (Fsp3) is 0.846. The number of carbonyl (C=O) groups excluding carboxylic acids is 2. The van der Waals surface area contributed by atoms with Crippen LogP contribution in [0, 0.1) is 5.92 Å². The molecule has 3 nitrogen and oxygen atoms in total. The maximum atomic E-state index is 13.6. The fourth-order valence-corrected chi connectivity index (χ4v) is 2.63. The van der Waals surface area contributed by atoms with Crippen LogP contribution in [0.25, 0.3) is 0 Å². The molecule has 0 aromatic heterocycles. The molecule has 0 aromatic carbocycles. The highest BCUT2D eigenvalue weighted by molar-refractivity contribution is 5.93. The van der Waals surface area contributed by atoms with Gasteiger partial charge in [0.05, 0.1) is 6.04 Å². The Labute approximate surface area is 101 Å². The summed E-state index contributed by atoms with van der Waals surface area (Å²) in [6.45, 7) is 1.48. The molecule has 2 rings (SSSR count). The summed E-state index contributed by atoms with van der Waals surface area (Å²) in [7, 11) is 0. The molecule has 2 aliphatic rings. The second-order valence-corrected chi connectivity index (χ2v) is 5.43. The number of Topliss-reactive ketones (excluding diaryl/α,β-unsaturated/α-hetero) is 1. The molecular weight excluding hydrogens is 221 g/mol. The van der Waals surface area contributed by atoms with Gasteiger partial charge in [-0.05, 0) is 38.5 Å². The van der Waals surface area contributed by atoms with Crippen LogP contribution in [-0.4, -0.2) is 23.4 Å². The second-order valence-electron chi connectivity index (χ2n) is 5.43. The van der Waals surface area contributed by atoms with Gasteiger partial charge in [0.2, 0.25) is 0 Å². The van der Waals surface area contributed by atoms with Crippen molar-refractivity contribution < 1.29 is 14.0 Å². The molecule has 1 amide bonds. The zero-order chi connectivity index (χ0) is 12.5. The zero-order valence-corrected chi connectivity index (χ0v) is 10.3. The first-order valence-electron chi connectivity index (χ1n) is 6.53. The van der Waals surface area contributed by atoms with Crippen molar-refractivity contribution in [1.29, 1.82) is 0 Å². The Morgan fingerprint density at radius 3 is 2.29 bits per heavy atom. The number of ketones is 1. The number of hydrogen-bond acceptors (Lipinski definition) is 2. The van der Waals surface area contributed by atoms with Crippen LogP contribution in [0.3, 0.4) is 0 Å². The van der Waals surface area contributed by atoms with Crippen LogP contribution in [-0.2, 0) is 9.59 Å². The van der Waals surface area contributed by atoms with E-state index in [0.717, 1.165) is 25.7 Å². The summed E-state index contributed by atoms with van der Waals surface area (Å²) in [5.41, 5.74) is -1.68. The summed E-state index contributed by atoms with van der Waals surface area (Å²) >= 11 is 0. The lowest BCUT2D eigenvalue weighted by atomic mass is 9.82. The van der Waals surface area contributed by atoms with E-state index in [0.29, 0.717) is 12.8 Å². The smallest absolute Gasteiger partial charge is 0.258 e. The molecule has 0 aliphatic heterocycles. The molecule has 96 valence electrons. The van der Waals surface area contributed by atoms with Crippen molar-refractivity contribution in [2.45, 2.75) is 63.6 Å². The summed E-state index contributed by atoms with van der Waals surface area (Å²) in [5.74, 6) is -0.426. The molecule has 0 aromatic rings. The molecule has 0 heterocycles. The lowest BCUT2D eigenvalue weighted by Gasteiger charge is -2.29. The van der Waals surface area contributed by atoms with Crippen LogP contribution in [0.2, 0.25) is 0 Å². The maximum absolute atomic E-state index is 13.6. The third-order valence-electron chi connectivity index (χ3n) is 3.94. The Morgan fingerprint density at radius 1 is 1.24 bits per heavy atom. The number of hydrogen-bond donors (Lipinski definition) is 1. The molecule has 17 heavy (non-hydrogen) atoms. The zero-order valence-electron chi connectivity index (χ0n) is 10.3. The molecular formula is C13H20FNO2. The van der Waals surface area contributed by atoms with Crippen molar-refractivity contribution in [3.05, 3.63) is 0 Å². The largest absolute Gasteiger partial charge is 0.343 e. The van der Waals surface area contributed by atoms with Crippen LogP contribution < -0.4 is 5.32 Å². The highest BCUT2D eigenvalue weighted by Crippen LogP contribution is 2.40. The van der Waals surface area contributed by atoms with E-state index in [1.54, 1.807) is 0 Å². The molecule has 1 atom stereocenters. The normalized spacial score (nSPS) is 25.1. The molecule has 1 N–H and O–H groups in total. The summed E-state index contributed by atoms with van der Waals surface area (Å²) in [5, 5.41) is 2.63. The van der Waals surface area contributed by atoms with Gasteiger partial charge in [-0.3, -0.25) is 9.59 Å². The predicted molar refractivity (Wildman–Crippen MR) is 62.3 cm³/mol. The van der Waals surface area contributed by atoms with E-state index in [4.69, 9.17) is 0 Å². The third-order valence-corrected chi connectivity index (χ3v) is 3.94. The van der Waals surface area contributed by atoms with Gasteiger partial charge in [0.25, 0.3) is 5.91 Å². The summed E-state index contributed by atoms with van der Waals surface area (Å²) in [6.07, 6.45) is 5.92. The first kappa shape index (κ1) is 12.5. The predicted octanol–water partition coefficient (Wildman–Crippen LogP) is 2.14. The lowest BCUT2D eigenvalue weighted by molar-refractivity contribution is -0.132. The van der Waals surface area contributed by atoms with Gasteiger partial charge in [0.1, 0.15) is 0 Å². The van der Waals surface area contributed by atoms with E-state index in [9.17, 15) is 14.0 Å². The van der Waals surface area contributed by atoms with Crippen LogP contribution in [0.4, 0.5) is 4.39 Å². The van der Waals surface area contributed by atoms with E-state index in [2.05, 4.69) is 5.32 Å². The quantitative estimate of drug-likeness (QED) is 0.819. The maximum Gasteiger partial charge on any atom is 0.258 e. The third kappa shape index (κ3) is 2.85. The first-order valence-corrected chi connectivity index (χ1v) is 6.53. The standard InChI is InChI=1S/C13H20FNO2/c1-9(16)11(10-5-3-2-4-6-10)15-12(17)13(14)7-8-13/h10-11H,2-8H2,1H3,(H,15,17)/t11-/m0/s1.